The monoisotopic (exact) mass is 364 g/mol. The highest BCUT2D eigenvalue weighted by molar-refractivity contribution is 5.05. The molecule has 0 unspecified atom stereocenters. The van der Waals surface area contributed by atoms with Crippen LogP contribution in [-0.4, -0.2) is 18.0 Å². The van der Waals surface area contributed by atoms with Crippen LogP contribution in [0, 0.1) is 0 Å². The summed E-state index contributed by atoms with van der Waals surface area (Å²) in [5.41, 5.74) is 4.36. The molecule has 152 valence electrons. The molecule has 0 rings (SSSR count). The smallest absolute Gasteiger partial charge is 0.166 e. The average Bonchev–Trinajstić information content (AvgIpc) is 2.44. The van der Waals surface area contributed by atoms with Crippen molar-refractivity contribution in [2.75, 3.05) is 0 Å². The van der Waals surface area contributed by atoms with E-state index in [0.29, 0.717) is 0 Å². The molecule has 0 amide bonds. The number of rotatable bonds is 13. The highest BCUT2D eigenvalue weighted by Crippen LogP contribution is 2.24. The third-order valence-electron chi connectivity index (χ3n) is 4.18. The van der Waals surface area contributed by atoms with Crippen LogP contribution in [0.4, 0.5) is 0 Å². The Morgan fingerprint density at radius 2 is 1.15 bits per heavy atom. The Labute approximate surface area is 163 Å². The molecular weight excluding hydrogens is 320 g/mol. The fourth-order valence-electron chi connectivity index (χ4n) is 3.06. The molecule has 0 aliphatic rings. The Kier molecular flexibility index (Phi) is 12.9. The van der Waals surface area contributed by atoms with Gasteiger partial charge in [-0.1, -0.05) is 34.9 Å². The second-order valence-corrected chi connectivity index (χ2v) is 8.47. The molecule has 2 nitrogen and oxygen atoms in total. The first-order valence-electron chi connectivity index (χ1n) is 10.3. The van der Waals surface area contributed by atoms with Crippen molar-refractivity contribution in [3.63, 3.8) is 0 Å². The van der Waals surface area contributed by atoms with E-state index in [1.807, 2.05) is 0 Å². The second-order valence-electron chi connectivity index (χ2n) is 8.47. The van der Waals surface area contributed by atoms with Crippen molar-refractivity contribution < 1.29 is 9.47 Å². The lowest BCUT2D eigenvalue weighted by Gasteiger charge is -2.33. The topological polar surface area (TPSA) is 18.5 Å². The van der Waals surface area contributed by atoms with Gasteiger partial charge in [0.2, 0.25) is 0 Å². The third kappa shape index (κ3) is 14.3. The van der Waals surface area contributed by atoms with Gasteiger partial charge in [0.05, 0.1) is 12.2 Å². The van der Waals surface area contributed by atoms with Crippen LogP contribution in [0.25, 0.3) is 0 Å². The Hall–Kier alpha value is -0.860. The quantitative estimate of drug-likeness (QED) is 0.246. The lowest BCUT2D eigenvalue weighted by atomic mass is 10.0. The molecular formula is C24H44O2. The summed E-state index contributed by atoms with van der Waals surface area (Å²) in [6.45, 7) is 19.1. The summed E-state index contributed by atoms with van der Waals surface area (Å²) in [7, 11) is 0. The van der Waals surface area contributed by atoms with Gasteiger partial charge in [-0.3, -0.25) is 0 Å². The molecule has 0 aliphatic carbocycles. The molecule has 0 saturated heterocycles. The van der Waals surface area contributed by atoms with Crippen LogP contribution in [-0.2, 0) is 9.47 Å². The summed E-state index contributed by atoms with van der Waals surface area (Å²) >= 11 is 0. The zero-order chi connectivity index (χ0) is 20.2. The van der Waals surface area contributed by atoms with Gasteiger partial charge >= 0.3 is 0 Å². The average molecular weight is 365 g/mol. The van der Waals surface area contributed by atoms with Crippen LogP contribution < -0.4 is 0 Å². The zero-order valence-electron chi connectivity index (χ0n) is 18.9. The molecule has 0 fully saturated rings. The zero-order valence-corrected chi connectivity index (χ0v) is 18.9. The van der Waals surface area contributed by atoms with Gasteiger partial charge in [-0.05, 0) is 94.4 Å². The molecule has 26 heavy (non-hydrogen) atoms. The lowest BCUT2D eigenvalue weighted by molar-refractivity contribution is -0.260. The first-order chi connectivity index (χ1) is 12.0. The van der Waals surface area contributed by atoms with Crippen molar-refractivity contribution in [3.05, 3.63) is 34.9 Å². The van der Waals surface area contributed by atoms with E-state index < -0.39 is 5.79 Å². The number of hydrogen-bond donors (Lipinski definition) is 0. The first kappa shape index (κ1) is 25.1. The van der Waals surface area contributed by atoms with Gasteiger partial charge in [-0.15, -0.1) is 0 Å². The maximum Gasteiger partial charge on any atom is 0.166 e. The van der Waals surface area contributed by atoms with Crippen molar-refractivity contribution in [2.24, 2.45) is 0 Å². The summed E-state index contributed by atoms with van der Waals surface area (Å²) in [6.07, 6.45) is 13.9. The fraction of sp³-hybridized carbons (Fsp3) is 0.750. The minimum Gasteiger partial charge on any atom is -0.348 e. The van der Waals surface area contributed by atoms with Crippen molar-refractivity contribution in [2.45, 2.75) is 119 Å². The highest BCUT2D eigenvalue weighted by Gasteiger charge is 2.27. The Bertz CT molecular complexity index is 453. The summed E-state index contributed by atoms with van der Waals surface area (Å²) < 4.78 is 12.1. The van der Waals surface area contributed by atoms with E-state index in [0.717, 1.165) is 32.1 Å². The SMILES string of the molecule is CC(C)=CCC/C(C)=C/CC/C(C)=C/CCC(C)(OC(C)C)OC(C)C. The number of allylic oxidation sites excluding steroid dienone is 6. The van der Waals surface area contributed by atoms with Crippen LogP contribution >= 0.6 is 0 Å². The van der Waals surface area contributed by atoms with E-state index in [2.05, 4.69) is 80.5 Å². The molecule has 0 aromatic heterocycles. The molecule has 0 spiro atoms. The molecule has 0 bridgehead atoms. The molecule has 0 aliphatic heterocycles. The maximum absolute atomic E-state index is 6.03. The summed E-state index contributed by atoms with van der Waals surface area (Å²) in [5.74, 6) is -0.499. The number of hydrogen-bond acceptors (Lipinski definition) is 2. The minimum absolute atomic E-state index is 0.170. The highest BCUT2D eigenvalue weighted by atomic mass is 16.7. The molecule has 0 saturated carbocycles. The van der Waals surface area contributed by atoms with Crippen molar-refractivity contribution in [1.29, 1.82) is 0 Å². The van der Waals surface area contributed by atoms with Crippen molar-refractivity contribution in [1.82, 2.24) is 0 Å². The van der Waals surface area contributed by atoms with Crippen LogP contribution in [0.1, 0.15) is 101 Å². The largest absolute Gasteiger partial charge is 0.348 e. The van der Waals surface area contributed by atoms with E-state index >= 15 is 0 Å². The maximum atomic E-state index is 6.03. The molecule has 0 aromatic rings. The predicted octanol–water partition coefficient (Wildman–Crippen LogP) is 7.75. The van der Waals surface area contributed by atoms with E-state index in [-0.39, 0.29) is 12.2 Å². The molecule has 0 heterocycles. The van der Waals surface area contributed by atoms with Crippen LogP contribution in [0.15, 0.2) is 34.9 Å². The van der Waals surface area contributed by atoms with E-state index in [1.54, 1.807) is 0 Å². The summed E-state index contributed by atoms with van der Waals surface area (Å²) in [5, 5.41) is 0. The van der Waals surface area contributed by atoms with Crippen molar-refractivity contribution >= 4 is 0 Å². The fourth-order valence-corrected chi connectivity index (χ4v) is 3.06. The standard InChI is InChI=1S/C24H44O2/c1-19(2)13-10-14-22(7)15-11-16-23(8)17-12-18-24(9,25-20(3)4)26-21(5)6/h13,15,17,20-21H,10-12,14,16,18H2,1-9H3/b22-15+,23-17+. The minimum atomic E-state index is -0.499. The number of ether oxygens (including phenoxy) is 2. The Balaban J connectivity index is 4.35. The van der Waals surface area contributed by atoms with Gasteiger partial charge in [-0.25, -0.2) is 0 Å². The first-order valence-corrected chi connectivity index (χ1v) is 10.3. The third-order valence-corrected chi connectivity index (χ3v) is 4.18. The Morgan fingerprint density at radius 1 is 0.731 bits per heavy atom. The van der Waals surface area contributed by atoms with Gasteiger partial charge in [0, 0.05) is 6.42 Å². The normalized spacial score (nSPS) is 13.7. The lowest BCUT2D eigenvalue weighted by Crippen LogP contribution is -2.37. The molecule has 2 heteroatoms. The molecule has 0 aromatic carbocycles. The molecule has 0 radical (unpaired) electrons. The predicted molar refractivity (Wildman–Crippen MR) is 115 cm³/mol. The van der Waals surface area contributed by atoms with Crippen LogP contribution in [0.2, 0.25) is 0 Å². The van der Waals surface area contributed by atoms with E-state index in [4.69, 9.17) is 9.47 Å². The Morgan fingerprint density at radius 3 is 1.58 bits per heavy atom. The molecule has 0 N–H and O–H groups in total. The summed E-state index contributed by atoms with van der Waals surface area (Å²) in [4.78, 5) is 0. The van der Waals surface area contributed by atoms with E-state index in [9.17, 15) is 0 Å². The van der Waals surface area contributed by atoms with Crippen LogP contribution in [0.3, 0.4) is 0 Å². The van der Waals surface area contributed by atoms with Gasteiger partial charge < -0.3 is 9.47 Å². The van der Waals surface area contributed by atoms with Crippen LogP contribution in [0.5, 0.6) is 0 Å². The van der Waals surface area contributed by atoms with Gasteiger partial charge in [0.25, 0.3) is 0 Å². The second kappa shape index (κ2) is 13.3. The van der Waals surface area contributed by atoms with Gasteiger partial charge in [0.15, 0.2) is 5.79 Å². The summed E-state index contributed by atoms with van der Waals surface area (Å²) in [6, 6.07) is 0. The van der Waals surface area contributed by atoms with Gasteiger partial charge in [-0.2, -0.15) is 0 Å². The van der Waals surface area contributed by atoms with E-state index in [1.165, 1.54) is 23.1 Å². The van der Waals surface area contributed by atoms with Crippen molar-refractivity contribution in [3.8, 4) is 0 Å². The van der Waals surface area contributed by atoms with Gasteiger partial charge in [0.1, 0.15) is 0 Å². The molecule has 0 atom stereocenters.